The van der Waals surface area contributed by atoms with Crippen molar-refractivity contribution in [1.29, 1.82) is 0 Å². The number of hydrogen-bond acceptors (Lipinski definition) is 7. The summed E-state index contributed by atoms with van der Waals surface area (Å²) in [6.45, 7) is 7.36. The average molecular weight is 532 g/mol. The van der Waals surface area contributed by atoms with Crippen molar-refractivity contribution >= 4 is 40.4 Å². The highest BCUT2D eigenvalue weighted by molar-refractivity contribution is 8.14. The van der Waals surface area contributed by atoms with E-state index < -0.39 is 0 Å². The van der Waals surface area contributed by atoms with Gasteiger partial charge in [-0.3, -0.25) is 14.5 Å². The van der Waals surface area contributed by atoms with Crippen molar-refractivity contribution in [3.63, 3.8) is 0 Å². The molecule has 2 aliphatic heterocycles. The number of methoxy groups -OCH3 is 1. The Morgan fingerprint density at radius 1 is 1.08 bits per heavy atom. The average Bonchev–Trinajstić information content (AvgIpc) is 3.58. The number of amides is 1. The molecule has 0 spiro atoms. The zero-order chi connectivity index (χ0) is 26.8. The molecule has 3 aromatic rings. The van der Waals surface area contributed by atoms with Crippen LogP contribution in [-0.2, 0) is 16.1 Å². The van der Waals surface area contributed by atoms with Gasteiger partial charge in [-0.2, -0.15) is 0 Å². The van der Waals surface area contributed by atoms with Gasteiger partial charge in [0.1, 0.15) is 5.70 Å². The van der Waals surface area contributed by atoms with E-state index in [2.05, 4.69) is 9.56 Å². The van der Waals surface area contributed by atoms with Crippen LogP contribution in [0.1, 0.15) is 32.9 Å². The maximum absolute atomic E-state index is 13.5. The zero-order valence-corrected chi connectivity index (χ0v) is 22.6. The van der Waals surface area contributed by atoms with E-state index in [4.69, 9.17) is 14.2 Å². The molecule has 38 heavy (non-hydrogen) atoms. The lowest BCUT2D eigenvalue weighted by Crippen LogP contribution is -2.30. The number of aryl methyl sites for hydroxylation is 2. The van der Waals surface area contributed by atoms with E-state index >= 15 is 0 Å². The van der Waals surface area contributed by atoms with Gasteiger partial charge in [-0.1, -0.05) is 35.5 Å². The normalized spacial score (nSPS) is 15.5. The Hall–Kier alpha value is -3.82. The lowest BCUT2D eigenvalue weighted by molar-refractivity contribution is -0.113. The number of fused-ring (bicyclic) bond motifs is 1. The van der Waals surface area contributed by atoms with Crippen LogP contribution in [0.4, 0.5) is 5.69 Å². The van der Waals surface area contributed by atoms with E-state index in [9.17, 15) is 9.59 Å². The number of aliphatic imine (C=N–C) groups is 1. The molecule has 0 radical (unpaired) electrons. The molecule has 1 aromatic heterocycles. The Labute approximate surface area is 225 Å². The topological polar surface area (TPSA) is 82.4 Å². The van der Waals surface area contributed by atoms with E-state index in [1.165, 1.54) is 11.8 Å². The highest BCUT2D eigenvalue weighted by atomic mass is 32.2. The third kappa shape index (κ3) is 5.12. The minimum atomic E-state index is -0.251. The highest BCUT2D eigenvalue weighted by Crippen LogP contribution is 2.35. The van der Waals surface area contributed by atoms with E-state index in [0.717, 1.165) is 22.5 Å². The minimum Gasteiger partial charge on any atom is -0.454 e. The third-order valence-corrected chi connectivity index (χ3v) is 7.49. The van der Waals surface area contributed by atoms with Crippen molar-refractivity contribution in [2.45, 2.75) is 27.3 Å². The molecule has 0 aliphatic carbocycles. The molecule has 0 unspecified atom stereocenters. The number of ether oxygens (including phenoxy) is 3. The van der Waals surface area contributed by atoms with E-state index in [0.29, 0.717) is 41.1 Å². The van der Waals surface area contributed by atoms with E-state index in [1.807, 2.05) is 69.3 Å². The van der Waals surface area contributed by atoms with Gasteiger partial charge in [0.25, 0.3) is 5.91 Å². The van der Waals surface area contributed by atoms with Crippen LogP contribution in [0.5, 0.6) is 11.5 Å². The molecule has 0 atom stereocenters. The summed E-state index contributed by atoms with van der Waals surface area (Å²) in [5, 5.41) is 0.465. The first-order valence-electron chi connectivity index (χ1n) is 12.3. The number of carbonyl (C=O) groups excluding carboxylic acids is 2. The van der Waals surface area contributed by atoms with Crippen molar-refractivity contribution in [1.82, 2.24) is 4.57 Å². The molecule has 8 nitrogen and oxygen atoms in total. The summed E-state index contributed by atoms with van der Waals surface area (Å²) in [5.74, 6) is 1.19. The van der Waals surface area contributed by atoms with Gasteiger partial charge in [0.2, 0.25) is 6.79 Å². The summed E-state index contributed by atoms with van der Waals surface area (Å²) in [6, 6.07) is 15.1. The maximum Gasteiger partial charge on any atom is 0.283 e. The van der Waals surface area contributed by atoms with Crippen LogP contribution < -0.4 is 14.4 Å². The number of anilines is 1. The van der Waals surface area contributed by atoms with Crippen molar-refractivity contribution in [3.8, 4) is 11.5 Å². The van der Waals surface area contributed by atoms with Gasteiger partial charge in [0.15, 0.2) is 22.4 Å². The molecule has 3 heterocycles. The predicted octanol–water partition coefficient (Wildman–Crippen LogP) is 5.15. The van der Waals surface area contributed by atoms with Crippen LogP contribution in [0.15, 0.2) is 59.2 Å². The first kappa shape index (κ1) is 25.8. The molecule has 0 N–H and O–H groups in total. The SMILES string of the molecule is COCCn1c(C)cc(C(=O)CSC2=N/C(=C\c3ccc4c(c3)OCO4)C(=O)N2c2ccc(C)cc2)c1C. The van der Waals surface area contributed by atoms with Gasteiger partial charge in [0, 0.05) is 30.6 Å². The Morgan fingerprint density at radius 2 is 1.84 bits per heavy atom. The summed E-state index contributed by atoms with van der Waals surface area (Å²) in [7, 11) is 1.66. The largest absolute Gasteiger partial charge is 0.454 e. The Kier molecular flexibility index (Phi) is 7.40. The molecule has 0 bridgehead atoms. The number of amidine groups is 1. The molecule has 9 heteroatoms. The Morgan fingerprint density at radius 3 is 2.61 bits per heavy atom. The molecule has 2 aromatic carbocycles. The first-order valence-corrected chi connectivity index (χ1v) is 13.3. The number of aromatic nitrogens is 1. The molecule has 2 aliphatic rings. The van der Waals surface area contributed by atoms with Gasteiger partial charge in [-0.25, -0.2) is 4.99 Å². The summed E-state index contributed by atoms with van der Waals surface area (Å²) < 4.78 is 18.1. The van der Waals surface area contributed by atoms with Crippen LogP contribution in [0.2, 0.25) is 0 Å². The van der Waals surface area contributed by atoms with Crippen LogP contribution in [0, 0.1) is 20.8 Å². The second kappa shape index (κ2) is 10.9. The number of carbonyl (C=O) groups is 2. The van der Waals surface area contributed by atoms with Gasteiger partial charge in [-0.15, -0.1) is 0 Å². The van der Waals surface area contributed by atoms with Crippen LogP contribution >= 0.6 is 11.8 Å². The quantitative estimate of drug-likeness (QED) is 0.295. The lowest BCUT2D eigenvalue weighted by Gasteiger charge is -2.18. The fourth-order valence-electron chi connectivity index (χ4n) is 4.49. The number of rotatable bonds is 8. The van der Waals surface area contributed by atoms with Crippen LogP contribution in [-0.4, -0.2) is 47.7 Å². The third-order valence-electron chi connectivity index (χ3n) is 6.55. The second-order valence-electron chi connectivity index (χ2n) is 9.15. The molecular weight excluding hydrogens is 502 g/mol. The standard InChI is InChI=1S/C29H29N3O5S/c1-18-5-8-22(9-6-18)32-28(34)24(14-21-7-10-26-27(15-21)37-17-36-26)30-29(32)38-16-25(33)23-13-19(2)31(20(23)3)11-12-35-4/h5-10,13-15H,11-12,16-17H2,1-4H3/b24-14-. The monoisotopic (exact) mass is 531 g/mol. The number of nitrogens with zero attached hydrogens (tertiary/aromatic N) is 3. The van der Waals surface area contributed by atoms with Crippen LogP contribution in [0.3, 0.4) is 0 Å². The van der Waals surface area contributed by atoms with Crippen molar-refractivity contribution < 1.29 is 23.8 Å². The molecule has 0 fully saturated rings. The fourth-order valence-corrected chi connectivity index (χ4v) is 5.39. The summed E-state index contributed by atoms with van der Waals surface area (Å²) >= 11 is 1.26. The lowest BCUT2D eigenvalue weighted by atomic mass is 10.1. The fraction of sp³-hybridized carbons (Fsp3) is 0.276. The van der Waals surface area contributed by atoms with E-state index in [1.54, 1.807) is 18.1 Å². The Balaban J connectivity index is 1.41. The number of Topliss-reactive ketones (excluding diaryl/α,β-unsaturated/α-hetero) is 1. The summed E-state index contributed by atoms with van der Waals surface area (Å²) in [5.41, 5.74) is 5.44. The zero-order valence-electron chi connectivity index (χ0n) is 21.8. The summed E-state index contributed by atoms with van der Waals surface area (Å²) in [6.07, 6.45) is 1.73. The Bertz CT molecular complexity index is 1460. The van der Waals surface area contributed by atoms with Crippen molar-refractivity contribution in [2.24, 2.45) is 4.99 Å². The van der Waals surface area contributed by atoms with Crippen molar-refractivity contribution in [3.05, 3.63) is 82.3 Å². The molecular formula is C29H29N3O5S. The van der Waals surface area contributed by atoms with E-state index in [-0.39, 0.29) is 29.9 Å². The van der Waals surface area contributed by atoms with Gasteiger partial charge in [-0.05, 0) is 62.7 Å². The van der Waals surface area contributed by atoms with Crippen molar-refractivity contribution in [2.75, 3.05) is 31.2 Å². The number of benzene rings is 2. The summed E-state index contributed by atoms with van der Waals surface area (Å²) in [4.78, 5) is 33.0. The number of thioether (sulfide) groups is 1. The second-order valence-corrected chi connectivity index (χ2v) is 10.1. The van der Waals surface area contributed by atoms with Gasteiger partial charge < -0.3 is 18.8 Å². The number of ketones is 1. The van der Waals surface area contributed by atoms with Gasteiger partial charge in [0.05, 0.1) is 18.0 Å². The highest BCUT2D eigenvalue weighted by Gasteiger charge is 2.33. The smallest absolute Gasteiger partial charge is 0.283 e. The maximum atomic E-state index is 13.5. The molecule has 196 valence electrons. The van der Waals surface area contributed by atoms with Gasteiger partial charge >= 0.3 is 0 Å². The molecule has 1 amide bonds. The number of hydrogen-bond donors (Lipinski definition) is 0. The molecule has 0 saturated carbocycles. The predicted molar refractivity (Wildman–Crippen MR) is 149 cm³/mol. The molecule has 5 rings (SSSR count). The molecule has 0 saturated heterocycles. The van der Waals surface area contributed by atoms with Crippen LogP contribution in [0.25, 0.3) is 6.08 Å². The first-order chi connectivity index (χ1) is 18.4. The minimum absolute atomic E-state index is 0.0148.